The second kappa shape index (κ2) is 5.35. The van der Waals surface area contributed by atoms with Gasteiger partial charge in [0.25, 0.3) is 0 Å². The first-order chi connectivity index (χ1) is 10.3. The van der Waals surface area contributed by atoms with Crippen LogP contribution in [0, 0.1) is 17.7 Å². The van der Waals surface area contributed by atoms with Crippen molar-refractivity contribution in [3.05, 3.63) is 40.7 Å². The molecule has 3 heterocycles. The van der Waals surface area contributed by atoms with E-state index in [0.717, 1.165) is 60.1 Å². The summed E-state index contributed by atoms with van der Waals surface area (Å²) in [4.78, 5) is 2.36. The molecule has 2 aromatic rings. The highest BCUT2D eigenvalue weighted by molar-refractivity contribution is 7.15. The number of anilines is 1. The number of aromatic nitrogens is 2. The molecule has 1 aromatic carbocycles. The van der Waals surface area contributed by atoms with E-state index in [1.807, 2.05) is 12.1 Å². The Morgan fingerprint density at radius 3 is 2.57 bits per heavy atom. The Bertz CT molecular complexity index is 615. The van der Waals surface area contributed by atoms with E-state index in [1.54, 1.807) is 11.3 Å². The summed E-state index contributed by atoms with van der Waals surface area (Å²) in [6.45, 7) is 4.43. The van der Waals surface area contributed by atoms with Crippen LogP contribution in [0.25, 0.3) is 0 Å². The van der Waals surface area contributed by atoms with Crippen LogP contribution in [0.2, 0.25) is 0 Å². The standard InChI is InChI=1S/C15H17FN4S/c16-13-3-1-10(2-4-13)5-14-18-19-15(21-14)20-8-11-6-17-7-12(11)9-20/h1-4,11-12,17H,5-9H2/t11-,12+. The Kier molecular flexibility index (Phi) is 3.35. The van der Waals surface area contributed by atoms with E-state index in [-0.39, 0.29) is 5.82 Å². The molecule has 110 valence electrons. The number of nitrogens with one attached hydrogen (secondary N) is 1. The Morgan fingerprint density at radius 2 is 1.86 bits per heavy atom. The topological polar surface area (TPSA) is 41.1 Å². The molecule has 0 bridgehead atoms. The van der Waals surface area contributed by atoms with Crippen molar-refractivity contribution in [3.8, 4) is 0 Å². The lowest BCUT2D eigenvalue weighted by Crippen LogP contribution is -2.25. The molecule has 2 saturated heterocycles. The fourth-order valence-electron chi connectivity index (χ4n) is 3.23. The van der Waals surface area contributed by atoms with E-state index in [1.165, 1.54) is 12.1 Å². The van der Waals surface area contributed by atoms with Gasteiger partial charge in [-0.2, -0.15) is 0 Å². The summed E-state index contributed by atoms with van der Waals surface area (Å²) in [5, 5.41) is 14.1. The molecule has 1 aromatic heterocycles. The average molecular weight is 304 g/mol. The molecule has 0 spiro atoms. The maximum Gasteiger partial charge on any atom is 0.208 e. The molecule has 0 saturated carbocycles. The molecular weight excluding hydrogens is 287 g/mol. The maximum absolute atomic E-state index is 12.9. The van der Waals surface area contributed by atoms with Crippen molar-refractivity contribution in [2.24, 2.45) is 11.8 Å². The highest BCUT2D eigenvalue weighted by atomic mass is 32.1. The third kappa shape index (κ3) is 2.65. The molecule has 6 heteroatoms. The van der Waals surface area contributed by atoms with Crippen LogP contribution in [0.4, 0.5) is 9.52 Å². The highest BCUT2D eigenvalue weighted by Gasteiger charge is 2.37. The van der Waals surface area contributed by atoms with E-state index < -0.39 is 0 Å². The number of halogens is 1. The second-order valence-corrected chi connectivity index (χ2v) is 6.91. The van der Waals surface area contributed by atoms with Crippen LogP contribution in [-0.4, -0.2) is 36.4 Å². The molecule has 2 fully saturated rings. The molecule has 1 N–H and O–H groups in total. The van der Waals surface area contributed by atoms with E-state index in [9.17, 15) is 4.39 Å². The van der Waals surface area contributed by atoms with Gasteiger partial charge < -0.3 is 10.2 Å². The van der Waals surface area contributed by atoms with Crippen LogP contribution in [0.1, 0.15) is 10.6 Å². The van der Waals surface area contributed by atoms with Crippen LogP contribution < -0.4 is 10.2 Å². The van der Waals surface area contributed by atoms with Gasteiger partial charge in [0.2, 0.25) is 5.13 Å². The normalized spacial score (nSPS) is 24.5. The zero-order valence-electron chi connectivity index (χ0n) is 11.6. The fraction of sp³-hybridized carbons (Fsp3) is 0.467. The molecule has 21 heavy (non-hydrogen) atoms. The first kappa shape index (κ1) is 13.2. The van der Waals surface area contributed by atoms with E-state index in [2.05, 4.69) is 20.4 Å². The first-order valence-electron chi connectivity index (χ1n) is 7.30. The number of fused-ring (bicyclic) bond motifs is 1. The Hall–Kier alpha value is -1.53. The largest absolute Gasteiger partial charge is 0.346 e. The summed E-state index contributed by atoms with van der Waals surface area (Å²) in [7, 11) is 0. The van der Waals surface area contributed by atoms with Gasteiger partial charge in [0, 0.05) is 32.6 Å². The SMILES string of the molecule is Fc1ccc(Cc2nnc(N3C[C@H]4CNC[C@H]4C3)s2)cc1. The highest BCUT2D eigenvalue weighted by Crippen LogP contribution is 2.32. The van der Waals surface area contributed by atoms with Gasteiger partial charge in [-0.3, -0.25) is 0 Å². The van der Waals surface area contributed by atoms with Crippen molar-refractivity contribution in [1.29, 1.82) is 0 Å². The van der Waals surface area contributed by atoms with E-state index in [0.29, 0.717) is 0 Å². The average Bonchev–Trinajstić information content (AvgIpc) is 3.15. The minimum atomic E-state index is -0.200. The predicted molar refractivity (Wildman–Crippen MR) is 81.2 cm³/mol. The van der Waals surface area contributed by atoms with Crippen molar-refractivity contribution >= 4 is 16.5 Å². The Labute approximate surface area is 127 Å². The summed E-state index contributed by atoms with van der Waals surface area (Å²) in [6.07, 6.45) is 0.722. The number of nitrogens with zero attached hydrogens (tertiary/aromatic N) is 3. The maximum atomic E-state index is 12.9. The van der Waals surface area contributed by atoms with E-state index >= 15 is 0 Å². The van der Waals surface area contributed by atoms with Crippen LogP contribution in [0.15, 0.2) is 24.3 Å². The summed E-state index contributed by atoms with van der Waals surface area (Å²) < 4.78 is 12.9. The van der Waals surface area contributed by atoms with Crippen molar-refractivity contribution in [2.45, 2.75) is 6.42 Å². The van der Waals surface area contributed by atoms with Crippen LogP contribution in [0.3, 0.4) is 0 Å². The van der Waals surface area contributed by atoms with Gasteiger partial charge in [-0.1, -0.05) is 23.5 Å². The number of rotatable bonds is 3. The predicted octanol–water partition coefficient (Wildman–Crippen LogP) is 1.92. The molecule has 2 atom stereocenters. The summed E-state index contributed by atoms with van der Waals surface area (Å²) >= 11 is 1.66. The van der Waals surface area contributed by atoms with Crippen LogP contribution in [0.5, 0.6) is 0 Å². The second-order valence-electron chi connectivity index (χ2n) is 5.87. The number of hydrogen-bond donors (Lipinski definition) is 1. The molecule has 0 amide bonds. The molecule has 0 aliphatic carbocycles. The van der Waals surface area contributed by atoms with Crippen LogP contribution in [-0.2, 0) is 6.42 Å². The van der Waals surface area contributed by atoms with E-state index in [4.69, 9.17) is 0 Å². The molecule has 2 aliphatic rings. The smallest absolute Gasteiger partial charge is 0.208 e. The molecular formula is C15H17FN4S. The lowest BCUT2D eigenvalue weighted by molar-refractivity contribution is 0.533. The molecule has 4 rings (SSSR count). The molecule has 2 aliphatic heterocycles. The lowest BCUT2D eigenvalue weighted by atomic mass is 10.0. The fourth-order valence-corrected chi connectivity index (χ4v) is 4.12. The zero-order chi connectivity index (χ0) is 14.2. The molecule has 4 nitrogen and oxygen atoms in total. The van der Waals surface area contributed by atoms with Gasteiger partial charge in [-0.25, -0.2) is 4.39 Å². The third-order valence-corrected chi connectivity index (χ3v) is 5.37. The van der Waals surface area contributed by atoms with Crippen molar-refractivity contribution < 1.29 is 4.39 Å². The first-order valence-corrected chi connectivity index (χ1v) is 8.12. The summed E-state index contributed by atoms with van der Waals surface area (Å²) in [5.41, 5.74) is 1.07. The van der Waals surface area contributed by atoms with Gasteiger partial charge in [-0.05, 0) is 29.5 Å². The summed E-state index contributed by atoms with van der Waals surface area (Å²) in [6, 6.07) is 6.60. The van der Waals surface area contributed by atoms with Gasteiger partial charge in [0.15, 0.2) is 0 Å². The number of benzene rings is 1. The number of hydrogen-bond acceptors (Lipinski definition) is 5. The Morgan fingerprint density at radius 1 is 1.14 bits per heavy atom. The van der Waals surface area contributed by atoms with Gasteiger partial charge in [-0.15, -0.1) is 10.2 Å². The van der Waals surface area contributed by atoms with Crippen molar-refractivity contribution in [3.63, 3.8) is 0 Å². The molecule has 0 radical (unpaired) electrons. The minimum Gasteiger partial charge on any atom is -0.346 e. The van der Waals surface area contributed by atoms with Gasteiger partial charge in [0.1, 0.15) is 10.8 Å². The zero-order valence-corrected chi connectivity index (χ0v) is 12.4. The lowest BCUT2D eigenvalue weighted by Gasteiger charge is -2.14. The summed E-state index contributed by atoms with van der Waals surface area (Å²) in [5.74, 6) is 1.32. The quantitative estimate of drug-likeness (QED) is 0.941. The van der Waals surface area contributed by atoms with Gasteiger partial charge in [0.05, 0.1) is 0 Å². The third-order valence-electron chi connectivity index (χ3n) is 4.38. The van der Waals surface area contributed by atoms with Gasteiger partial charge >= 0.3 is 0 Å². The molecule has 0 unspecified atom stereocenters. The van der Waals surface area contributed by atoms with Crippen molar-refractivity contribution in [2.75, 3.05) is 31.1 Å². The van der Waals surface area contributed by atoms with Crippen LogP contribution >= 0.6 is 11.3 Å². The van der Waals surface area contributed by atoms with Crippen molar-refractivity contribution in [1.82, 2.24) is 15.5 Å². The monoisotopic (exact) mass is 304 g/mol. The Balaban J connectivity index is 1.45. The minimum absolute atomic E-state index is 0.200.